The zero-order valence-electron chi connectivity index (χ0n) is 81.7. The molecule has 5 aliphatic rings. The van der Waals surface area contributed by atoms with E-state index in [0.29, 0.717) is 110 Å². The van der Waals surface area contributed by atoms with Crippen LogP contribution < -0.4 is 66.3 Å². The van der Waals surface area contributed by atoms with Crippen LogP contribution in [0.15, 0.2) is 254 Å². The number of anilines is 4. The maximum absolute atomic E-state index is 14.1. The van der Waals surface area contributed by atoms with Gasteiger partial charge in [0.05, 0.1) is 86.1 Å². The molecule has 5 aliphatic heterocycles. The standard InChI is InChI=1S/C23H26FN3O2.C22H23N5O2.C21H23FN4O3.C21H23FN4O2.C21H20FN3O2/c1-25(2)18-8-10-26(11-9-18)20-6-5-19-12-17(14-23(28)27(19)15-20)16-4-7-22(29-3)21(24)13-16;1-3-25-8-10-26(11-9-25)17-5-7-21-24-19(13-22(28)27(21)14-17)16-4-6-18-20(12-16)29-15(2)23-18;1-24(2)17-11-25(12-18(17)27)14-5-7-20-23-16(9-21(28)26(20)10-14)13-4-6-19(29-3)15(22)8-13;1-24(2)15-8-9-25(12-15)16-5-7-20-23-18(11-21(27)26(20)13-16)14-4-6-19(28-3)17(22)10-14;1-24-9-7-14(8-10-24)16-4-6-20-23-18(12-21(26)25(20)13-16)15-3-5-19(27-2)17(22)11-15/h4-7,12-15,18H,8-11H2,1-3H3;4-7,12-14H,3,8-11H2,1-2H3;4-10,17-18,27H,11-12H2,1-3H3;4-7,10-11,13,15H,8-9,12H2,1-3H3;3-7,11-13H,8-10H2,1-2H3/t;;17-,18-;15-;/m..10./s1. The Labute approximate surface area is 817 Å². The molecule has 0 amide bonds. The van der Waals surface area contributed by atoms with Crippen molar-refractivity contribution in [2.75, 3.05) is 182 Å². The highest BCUT2D eigenvalue weighted by Crippen LogP contribution is 2.35. The van der Waals surface area contributed by atoms with Crippen molar-refractivity contribution in [2.45, 2.75) is 63.8 Å². The van der Waals surface area contributed by atoms with Crippen LogP contribution in [0.2, 0.25) is 0 Å². The molecule has 0 bridgehead atoms. The van der Waals surface area contributed by atoms with Gasteiger partial charge in [0.1, 0.15) is 28.1 Å². The summed E-state index contributed by atoms with van der Waals surface area (Å²) in [4.78, 5) is 106. The van der Waals surface area contributed by atoms with Gasteiger partial charge in [-0.1, -0.05) is 25.1 Å². The summed E-state index contributed by atoms with van der Waals surface area (Å²) in [5.74, 6) is -0.653. The van der Waals surface area contributed by atoms with Crippen LogP contribution in [0, 0.1) is 30.2 Å². The molecule has 21 rings (SSSR count). The van der Waals surface area contributed by atoms with Gasteiger partial charge in [-0.3, -0.25) is 46.0 Å². The quantitative estimate of drug-likeness (QED) is 0.0782. The molecule has 5 aromatic carbocycles. The average Bonchev–Trinajstić information content (AvgIpc) is 1.76. The number of oxazole rings is 1. The van der Waals surface area contributed by atoms with E-state index in [0.717, 1.165) is 143 Å². The number of piperazine rings is 1. The number of aromatic nitrogens is 10. The van der Waals surface area contributed by atoms with Crippen molar-refractivity contribution in [3.8, 4) is 79.2 Å². The van der Waals surface area contributed by atoms with Crippen molar-refractivity contribution in [1.82, 2.24) is 71.4 Å². The van der Waals surface area contributed by atoms with Crippen LogP contribution >= 0.6 is 0 Å². The fourth-order valence-electron chi connectivity index (χ4n) is 18.7. The lowest BCUT2D eigenvalue weighted by Gasteiger charge is -2.36. The number of ether oxygens (including phenoxy) is 4. The Morgan fingerprint density at radius 1 is 0.387 bits per heavy atom. The number of rotatable bonds is 18. The largest absolute Gasteiger partial charge is 0.494 e. The van der Waals surface area contributed by atoms with Crippen molar-refractivity contribution in [3.63, 3.8) is 0 Å². The van der Waals surface area contributed by atoms with Gasteiger partial charge in [-0.15, -0.1) is 0 Å². The maximum Gasteiger partial charge on any atom is 0.258 e. The molecule has 3 atom stereocenters. The summed E-state index contributed by atoms with van der Waals surface area (Å²) in [6.07, 6.45) is 15.2. The Bertz CT molecular complexity index is 7720. The first-order chi connectivity index (χ1) is 68.4. The van der Waals surface area contributed by atoms with Gasteiger partial charge >= 0.3 is 0 Å². The van der Waals surface area contributed by atoms with Crippen LogP contribution in [-0.2, 0) is 0 Å². The van der Waals surface area contributed by atoms with Crippen LogP contribution in [0.25, 0.3) is 101 Å². The van der Waals surface area contributed by atoms with Gasteiger partial charge in [0.2, 0.25) is 0 Å². The number of hydrogen-bond acceptors (Lipinski definition) is 25. The van der Waals surface area contributed by atoms with Crippen LogP contribution in [0.4, 0.5) is 40.3 Å². The molecule has 16 heterocycles. The lowest BCUT2D eigenvalue weighted by atomic mass is 10.0. The van der Waals surface area contributed by atoms with E-state index in [1.54, 1.807) is 67.9 Å². The number of aliphatic hydroxyl groups excluding tert-OH is 1. The second-order valence-corrected chi connectivity index (χ2v) is 36.7. The molecule has 0 saturated carbocycles. The van der Waals surface area contributed by atoms with Crippen molar-refractivity contribution < 1.29 is 46.0 Å². The zero-order valence-corrected chi connectivity index (χ0v) is 81.7. The topological polar surface area (TPSA) is 271 Å². The van der Waals surface area contributed by atoms with Crippen molar-refractivity contribution in [3.05, 3.63) is 312 Å². The molecule has 30 nitrogen and oxygen atoms in total. The summed E-state index contributed by atoms with van der Waals surface area (Å²) >= 11 is 0. The number of aryl methyl sites for hydroxylation is 1. The molecular weight excluding hydrogens is 1820 g/mol. The van der Waals surface area contributed by atoms with Gasteiger partial charge < -0.3 is 72.6 Å². The highest BCUT2D eigenvalue weighted by molar-refractivity contribution is 5.80. The third kappa shape index (κ3) is 22.0. The fourth-order valence-corrected chi connectivity index (χ4v) is 18.7. The average molecular weight is 1930 g/mol. The third-order valence-electron chi connectivity index (χ3n) is 27.1. The number of halogens is 4. The fraction of sp³-hybridized carbons (Fsp3) is 0.315. The Hall–Kier alpha value is -14.9. The molecule has 0 aliphatic carbocycles. The van der Waals surface area contributed by atoms with E-state index in [-0.39, 0.29) is 56.8 Å². The molecule has 11 aromatic heterocycles. The SMILES string of the molecule is CCN1CCN(c2ccc3nc(-c4ccc5nc(C)oc5c4)cc(=O)n3c2)CC1.COc1ccc(-c2cc(=O)n3cc(C4=CCN(C)CC4)ccc3n2)cc1F.COc1ccc(-c2cc(=O)n3cc(N4CCC(N(C)C)CC4)ccc3c2)cc1F.COc1ccc(-c2cc(=O)n3cc(N4CC[C@H](N(C)C)C4)ccc3n2)cc1F.COc1ccc(-c2cc(=O)n3cc(N4C[C@@H](O)[C@H](N(C)C)C4)ccc3n2)cc1F. The number of fused-ring (bicyclic) bond motifs is 6. The Morgan fingerprint density at radius 2 is 0.789 bits per heavy atom. The van der Waals surface area contributed by atoms with E-state index in [9.17, 15) is 46.6 Å². The highest BCUT2D eigenvalue weighted by Gasteiger charge is 2.34. The normalized spacial score (nSPS) is 16.4. The molecule has 1 N–H and O–H groups in total. The summed E-state index contributed by atoms with van der Waals surface area (Å²) in [6, 6.07) is 53.7. The van der Waals surface area contributed by atoms with Crippen LogP contribution in [0.1, 0.15) is 44.1 Å². The molecule has 0 radical (unpaired) electrons. The number of pyridine rings is 6. The number of hydrogen-bond donors (Lipinski definition) is 1. The van der Waals surface area contributed by atoms with Crippen LogP contribution in [-0.4, -0.2) is 264 Å². The first-order valence-electron chi connectivity index (χ1n) is 47.3. The summed E-state index contributed by atoms with van der Waals surface area (Å²) in [5, 5.41) is 10.3. The van der Waals surface area contributed by atoms with Crippen LogP contribution in [0.3, 0.4) is 0 Å². The lowest BCUT2D eigenvalue weighted by Crippen LogP contribution is -2.46. The van der Waals surface area contributed by atoms with E-state index >= 15 is 0 Å². The second-order valence-electron chi connectivity index (χ2n) is 36.7. The minimum Gasteiger partial charge on any atom is -0.494 e. The number of aliphatic hydroxyl groups is 1. The number of nitrogens with zero attached hydrogens (tertiary/aromatic N) is 19. The maximum atomic E-state index is 14.1. The first-order valence-corrected chi connectivity index (χ1v) is 47.3. The molecule has 4 saturated heterocycles. The third-order valence-corrected chi connectivity index (χ3v) is 27.1. The highest BCUT2D eigenvalue weighted by atomic mass is 19.1. The molecule has 16 aromatic rings. The molecule has 142 heavy (non-hydrogen) atoms. The van der Waals surface area contributed by atoms with Gasteiger partial charge in [-0.2, -0.15) is 0 Å². The molecule has 0 spiro atoms. The minimum atomic E-state index is -0.509. The van der Waals surface area contributed by atoms with Crippen molar-refractivity contribution in [1.29, 1.82) is 0 Å². The van der Waals surface area contributed by atoms with Gasteiger partial charge in [-0.25, -0.2) is 42.5 Å². The number of methoxy groups -OCH3 is 4. The predicted octanol–water partition coefficient (Wildman–Crippen LogP) is 14.1. The first kappa shape index (κ1) is 98.7. The smallest absolute Gasteiger partial charge is 0.258 e. The summed E-state index contributed by atoms with van der Waals surface area (Å²) in [6.45, 7) is 16.0. The van der Waals surface area contributed by atoms with Gasteiger partial charge in [0.15, 0.2) is 57.7 Å². The van der Waals surface area contributed by atoms with E-state index in [1.165, 1.54) is 103 Å². The zero-order chi connectivity index (χ0) is 100. The number of β-amino-alcohol motifs (C(OH)–C–C–N with tert-alkyl or cyclic N) is 1. The lowest BCUT2D eigenvalue weighted by molar-refractivity contribution is 0.114. The second kappa shape index (κ2) is 43.0. The minimum absolute atomic E-state index is 0.0351. The Morgan fingerprint density at radius 3 is 1.23 bits per heavy atom. The van der Waals surface area contributed by atoms with Crippen molar-refractivity contribution >= 4 is 67.5 Å². The van der Waals surface area contributed by atoms with Crippen molar-refractivity contribution in [2.24, 2.45) is 0 Å². The molecule has 4 fully saturated rings. The van der Waals surface area contributed by atoms with E-state index in [4.69, 9.17) is 28.3 Å². The van der Waals surface area contributed by atoms with E-state index < -0.39 is 29.4 Å². The summed E-state index contributed by atoms with van der Waals surface area (Å²) < 4.78 is 89.4. The number of piperidine rings is 1. The monoisotopic (exact) mass is 1930 g/mol. The van der Waals surface area contributed by atoms with E-state index in [1.807, 2.05) is 122 Å². The van der Waals surface area contributed by atoms with Gasteiger partial charge in [-0.05, 0) is 249 Å². The Kier molecular flexibility index (Phi) is 29.9. The molecule has 0 unspecified atom stereocenters. The molecule has 736 valence electrons. The number of likely N-dealkylation sites (N-methyl/N-ethyl adjacent to an activating group) is 4. The molecule has 34 heteroatoms. The van der Waals surface area contributed by atoms with Gasteiger partial charge in [0.25, 0.3) is 27.8 Å². The van der Waals surface area contributed by atoms with E-state index in [2.05, 4.69) is 115 Å². The van der Waals surface area contributed by atoms with Gasteiger partial charge in [0, 0.05) is 187 Å². The Balaban J connectivity index is 0.000000122. The summed E-state index contributed by atoms with van der Waals surface area (Å²) in [5.41, 5.74) is 15.5. The number of benzene rings is 5. The predicted molar refractivity (Wildman–Crippen MR) is 548 cm³/mol. The van der Waals surface area contributed by atoms with Crippen LogP contribution in [0.5, 0.6) is 23.0 Å². The molecular formula is C108H115F4N19O11. The summed E-state index contributed by atoms with van der Waals surface area (Å²) in [7, 11) is 20.1.